The van der Waals surface area contributed by atoms with Crippen LogP contribution in [0.4, 0.5) is 0 Å². The molecule has 5 heteroatoms. The lowest BCUT2D eigenvalue weighted by Crippen LogP contribution is -1.94. The zero-order valence-corrected chi connectivity index (χ0v) is 15.1. The summed E-state index contributed by atoms with van der Waals surface area (Å²) in [6.45, 7) is 1.91. The zero-order chi connectivity index (χ0) is 17.4. The number of aryl methyl sites for hydroxylation is 1. The molecule has 2 aromatic rings. The number of carbonyl (C=O) groups excluding carboxylic acids is 1. The molecule has 4 nitrogen and oxygen atoms in total. The van der Waals surface area contributed by atoms with Gasteiger partial charge in [0.2, 0.25) is 0 Å². The second-order valence-electron chi connectivity index (χ2n) is 5.77. The van der Waals surface area contributed by atoms with Crippen LogP contribution >= 0.6 is 11.6 Å². The summed E-state index contributed by atoms with van der Waals surface area (Å²) < 4.78 is 11.2. The van der Waals surface area contributed by atoms with Gasteiger partial charge in [0, 0.05) is 24.3 Å². The van der Waals surface area contributed by atoms with E-state index in [2.05, 4.69) is 4.98 Å². The van der Waals surface area contributed by atoms with Crippen molar-refractivity contribution in [1.82, 2.24) is 4.98 Å². The lowest BCUT2D eigenvalue weighted by atomic mass is 10.1. The fraction of sp³-hybridized carbons (Fsp3) is 0.474. The topological polar surface area (TPSA) is 52.3 Å². The van der Waals surface area contributed by atoms with Crippen LogP contribution in [-0.2, 0) is 11.2 Å². The summed E-state index contributed by atoms with van der Waals surface area (Å²) in [5.41, 5.74) is 0.846. The Bertz CT molecular complexity index is 666. The smallest absolute Gasteiger partial charge is 0.194 e. The molecule has 0 radical (unpaired) electrons. The maximum Gasteiger partial charge on any atom is 0.194 e. The molecule has 0 fully saturated rings. The first kappa shape index (κ1) is 18.5. The minimum atomic E-state index is 0.351. The summed E-state index contributed by atoms with van der Waals surface area (Å²) >= 11 is 5.98. The molecule has 0 spiro atoms. The van der Waals surface area contributed by atoms with E-state index in [0.717, 1.165) is 43.6 Å². The molecule has 0 aliphatic heterocycles. The molecule has 2 rings (SSSR count). The molecule has 0 N–H and O–H groups in total. The van der Waals surface area contributed by atoms with Crippen molar-refractivity contribution in [2.45, 2.75) is 51.9 Å². The monoisotopic (exact) mass is 349 g/mol. The van der Waals surface area contributed by atoms with Gasteiger partial charge in [-0.3, -0.25) is 4.79 Å². The van der Waals surface area contributed by atoms with Crippen molar-refractivity contribution in [3.05, 3.63) is 35.3 Å². The normalized spacial score (nSPS) is 10.8. The summed E-state index contributed by atoms with van der Waals surface area (Å²) in [4.78, 5) is 15.6. The maximum atomic E-state index is 11.2. The van der Waals surface area contributed by atoms with E-state index in [-0.39, 0.29) is 0 Å². The average molecular weight is 350 g/mol. The number of ether oxygens (including phenoxy) is 1. The predicted molar refractivity (Wildman–Crippen MR) is 95.6 cm³/mol. The lowest BCUT2D eigenvalue weighted by Gasteiger charge is -2.05. The van der Waals surface area contributed by atoms with E-state index in [0.29, 0.717) is 35.2 Å². The molecule has 1 heterocycles. The van der Waals surface area contributed by atoms with Gasteiger partial charge in [-0.15, -0.1) is 0 Å². The van der Waals surface area contributed by atoms with Gasteiger partial charge in [0.25, 0.3) is 0 Å². The number of halogens is 1. The number of benzene rings is 1. The van der Waals surface area contributed by atoms with Gasteiger partial charge in [0.05, 0.1) is 18.9 Å². The quantitative estimate of drug-likeness (QED) is 0.533. The van der Waals surface area contributed by atoms with Crippen LogP contribution in [0.25, 0.3) is 11.3 Å². The molecule has 0 aliphatic rings. The Balaban J connectivity index is 1.82. The van der Waals surface area contributed by atoms with Gasteiger partial charge in [0.15, 0.2) is 11.7 Å². The zero-order valence-electron chi connectivity index (χ0n) is 14.3. The summed E-state index contributed by atoms with van der Waals surface area (Å²) in [5.74, 6) is 2.44. The fourth-order valence-electron chi connectivity index (χ4n) is 2.55. The molecule has 0 unspecified atom stereocenters. The molecule has 0 atom stereocenters. The highest BCUT2D eigenvalue weighted by Gasteiger charge is 2.12. The molecule has 0 saturated heterocycles. The summed E-state index contributed by atoms with van der Waals surface area (Å²) in [6.07, 6.45) is 8.02. The van der Waals surface area contributed by atoms with Gasteiger partial charge in [-0.1, -0.05) is 31.4 Å². The number of ketones is 1. The van der Waals surface area contributed by atoms with Crippen molar-refractivity contribution >= 4 is 17.4 Å². The first-order valence-corrected chi connectivity index (χ1v) is 8.82. The van der Waals surface area contributed by atoms with Gasteiger partial charge in [-0.05, 0) is 31.0 Å². The number of rotatable bonds is 10. The van der Waals surface area contributed by atoms with Crippen LogP contribution in [0.1, 0.15) is 51.3 Å². The van der Waals surface area contributed by atoms with E-state index < -0.39 is 0 Å². The third-order valence-corrected chi connectivity index (χ3v) is 4.21. The van der Waals surface area contributed by atoms with E-state index in [1.807, 2.05) is 13.0 Å². The number of methoxy groups -OCH3 is 1. The summed E-state index contributed by atoms with van der Waals surface area (Å²) in [7, 11) is 1.61. The van der Waals surface area contributed by atoms with Crippen molar-refractivity contribution in [2.75, 3.05) is 7.11 Å². The van der Waals surface area contributed by atoms with Gasteiger partial charge in [-0.25, -0.2) is 4.98 Å². The predicted octanol–water partition coefficient (Wildman–Crippen LogP) is 5.48. The number of hydrogen-bond acceptors (Lipinski definition) is 4. The summed E-state index contributed by atoms with van der Waals surface area (Å²) in [6, 6.07) is 5.44. The first-order valence-electron chi connectivity index (χ1n) is 8.44. The molecule has 0 saturated carbocycles. The largest absolute Gasteiger partial charge is 0.496 e. The number of carbonyl (C=O) groups is 1. The van der Waals surface area contributed by atoms with Gasteiger partial charge in [0.1, 0.15) is 11.5 Å². The number of oxazole rings is 1. The Morgan fingerprint density at radius 3 is 2.79 bits per heavy atom. The van der Waals surface area contributed by atoms with Crippen LogP contribution in [0.3, 0.4) is 0 Å². The Labute approximate surface area is 148 Å². The van der Waals surface area contributed by atoms with Gasteiger partial charge in [-0.2, -0.15) is 0 Å². The second kappa shape index (κ2) is 9.48. The first-order chi connectivity index (χ1) is 11.6. The van der Waals surface area contributed by atoms with E-state index in [9.17, 15) is 4.79 Å². The molecule has 1 aromatic carbocycles. The van der Waals surface area contributed by atoms with Gasteiger partial charge < -0.3 is 9.15 Å². The Morgan fingerprint density at radius 1 is 1.25 bits per heavy atom. The fourth-order valence-corrected chi connectivity index (χ4v) is 2.71. The highest BCUT2D eigenvalue weighted by molar-refractivity contribution is 6.30. The molecule has 0 bridgehead atoms. The molecular weight excluding hydrogens is 326 g/mol. The third-order valence-electron chi connectivity index (χ3n) is 3.97. The average Bonchev–Trinajstić information content (AvgIpc) is 3.06. The van der Waals surface area contributed by atoms with Crippen molar-refractivity contribution in [1.29, 1.82) is 0 Å². The molecule has 0 amide bonds. The molecule has 130 valence electrons. The number of Topliss-reactive ketones (excluding diaryl/α,β-unsaturated/α-hetero) is 1. The molecule has 24 heavy (non-hydrogen) atoms. The number of nitrogens with zero attached hydrogens (tertiary/aromatic N) is 1. The Kier molecular flexibility index (Phi) is 7.32. The minimum absolute atomic E-state index is 0.351. The molecular formula is C19H24ClNO3. The van der Waals surface area contributed by atoms with E-state index in [1.165, 1.54) is 0 Å². The van der Waals surface area contributed by atoms with E-state index >= 15 is 0 Å². The Morgan fingerprint density at radius 2 is 2.04 bits per heavy atom. The second-order valence-corrected chi connectivity index (χ2v) is 6.21. The molecule has 0 aliphatic carbocycles. The van der Waals surface area contributed by atoms with Crippen LogP contribution in [0.2, 0.25) is 5.02 Å². The lowest BCUT2D eigenvalue weighted by molar-refractivity contribution is -0.118. The highest BCUT2D eigenvalue weighted by atomic mass is 35.5. The van der Waals surface area contributed by atoms with Crippen molar-refractivity contribution < 1.29 is 13.9 Å². The van der Waals surface area contributed by atoms with E-state index in [4.69, 9.17) is 20.8 Å². The third kappa shape index (κ3) is 5.38. The number of hydrogen-bond donors (Lipinski definition) is 0. The summed E-state index contributed by atoms with van der Waals surface area (Å²) in [5, 5.41) is 0.622. The van der Waals surface area contributed by atoms with Crippen LogP contribution in [0, 0.1) is 0 Å². The van der Waals surface area contributed by atoms with E-state index in [1.54, 1.807) is 25.4 Å². The highest BCUT2D eigenvalue weighted by Crippen LogP contribution is 2.32. The number of aromatic nitrogens is 1. The SMILES string of the molecule is CCC(=O)CCCCCCc1ncc(-c2ccc(Cl)cc2OC)o1. The maximum absolute atomic E-state index is 11.2. The minimum Gasteiger partial charge on any atom is -0.496 e. The van der Waals surface area contributed by atoms with Crippen molar-refractivity contribution in [2.24, 2.45) is 0 Å². The standard InChI is InChI=1S/C19H24ClNO3/c1-3-15(22)8-6-4-5-7-9-19-21-13-18(24-19)16-11-10-14(20)12-17(16)23-2/h10-13H,3-9H2,1-2H3. The molecule has 1 aromatic heterocycles. The van der Waals surface area contributed by atoms with Crippen LogP contribution in [-0.4, -0.2) is 17.9 Å². The number of unbranched alkanes of at least 4 members (excludes halogenated alkanes) is 3. The van der Waals surface area contributed by atoms with Crippen LogP contribution in [0.5, 0.6) is 5.75 Å². The van der Waals surface area contributed by atoms with Crippen molar-refractivity contribution in [3.8, 4) is 17.1 Å². The Hall–Kier alpha value is -1.81. The van der Waals surface area contributed by atoms with Gasteiger partial charge >= 0.3 is 0 Å². The van der Waals surface area contributed by atoms with Crippen LogP contribution < -0.4 is 4.74 Å². The van der Waals surface area contributed by atoms with Crippen LogP contribution in [0.15, 0.2) is 28.8 Å². The van der Waals surface area contributed by atoms with Crippen molar-refractivity contribution in [3.63, 3.8) is 0 Å².